The number of hydrogen-bond acceptors (Lipinski definition) is 6. The maximum atomic E-state index is 11.6. The Morgan fingerprint density at radius 2 is 2.04 bits per heavy atom. The highest BCUT2D eigenvalue weighted by atomic mass is 16.6. The molecule has 0 aliphatic carbocycles. The summed E-state index contributed by atoms with van der Waals surface area (Å²) < 4.78 is 5.02. The summed E-state index contributed by atoms with van der Waals surface area (Å²) in [6.45, 7) is -0.296. The van der Waals surface area contributed by atoms with Gasteiger partial charge in [-0.25, -0.2) is 5.43 Å². The molecule has 0 atom stereocenters. The minimum Gasteiger partial charge on any atom is -0.465 e. The molecule has 0 aliphatic heterocycles. The molecule has 1 aromatic carbocycles. The normalized spacial score (nSPS) is 10.9. The van der Waals surface area contributed by atoms with Gasteiger partial charge in [-0.1, -0.05) is 12.1 Å². The fourth-order valence-electron chi connectivity index (χ4n) is 1.75. The van der Waals surface area contributed by atoms with Crippen molar-refractivity contribution in [2.24, 2.45) is 5.10 Å². The van der Waals surface area contributed by atoms with Gasteiger partial charge in [0, 0.05) is 12.1 Å². The molecule has 0 aliphatic rings. The van der Waals surface area contributed by atoms with Crippen LogP contribution in [0.15, 0.2) is 58.3 Å². The van der Waals surface area contributed by atoms with Gasteiger partial charge in [-0.05, 0) is 24.3 Å². The van der Waals surface area contributed by atoms with E-state index in [0.717, 1.165) is 6.21 Å². The molecule has 2 amide bonds. The maximum absolute atomic E-state index is 11.6. The van der Waals surface area contributed by atoms with Gasteiger partial charge < -0.3 is 9.73 Å². The predicted octanol–water partition coefficient (Wildman–Crippen LogP) is 1.47. The molecule has 0 spiro atoms. The standard InChI is InChI=1S/C16H14N4O5/c21-15(8-7-13-5-3-9-25-13)17-11-16(22)19-18-10-12-4-1-2-6-14(12)20(23)24/h1-10H,11H2,(H,17,21)(H,19,22)/b8-7+,18-10+. The lowest BCUT2D eigenvalue weighted by Gasteiger charge is -2.01. The number of nitrogens with zero attached hydrogens (tertiary/aromatic N) is 2. The van der Waals surface area contributed by atoms with E-state index in [1.165, 1.54) is 36.6 Å². The number of rotatable bonds is 7. The summed E-state index contributed by atoms with van der Waals surface area (Å²) in [6.07, 6.45) is 5.32. The van der Waals surface area contributed by atoms with Crippen LogP contribution in [-0.2, 0) is 9.59 Å². The summed E-state index contributed by atoms with van der Waals surface area (Å²) in [5.41, 5.74) is 2.29. The molecule has 0 unspecified atom stereocenters. The van der Waals surface area contributed by atoms with Crippen LogP contribution >= 0.6 is 0 Å². The molecule has 2 N–H and O–H groups in total. The number of benzene rings is 1. The first-order valence-corrected chi connectivity index (χ1v) is 7.11. The zero-order valence-electron chi connectivity index (χ0n) is 12.9. The summed E-state index contributed by atoms with van der Waals surface area (Å²) in [5.74, 6) is -0.544. The summed E-state index contributed by atoms with van der Waals surface area (Å²) in [6, 6.07) is 9.32. The van der Waals surface area contributed by atoms with Gasteiger partial charge in [-0.2, -0.15) is 5.10 Å². The van der Waals surface area contributed by atoms with E-state index in [9.17, 15) is 19.7 Å². The number of hydrogen-bond donors (Lipinski definition) is 2. The van der Waals surface area contributed by atoms with Crippen molar-refractivity contribution >= 4 is 29.8 Å². The number of furan rings is 1. The third-order valence-corrected chi connectivity index (χ3v) is 2.89. The van der Waals surface area contributed by atoms with Crippen molar-refractivity contribution in [1.29, 1.82) is 0 Å². The Balaban J connectivity index is 1.79. The SMILES string of the molecule is O=C(/C=C/c1ccco1)NCC(=O)N/N=C/c1ccccc1[N+](=O)[O-]. The van der Waals surface area contributed by atoms with Crippen molar-refractivity contribution < 1.29 is 18.9 Å². The van der Waals surface area contributed by atoms with E-state index in [4.69, 9.17) is 4.42 Å². The van der Waals surface area contributed by atoms with Crippen LogP contribution < -0.4 is 10.7 Å². The molecule has 1 heterocycles. The van der Waals surface area contributed by atoms with E-state index in [1.807, 2.05) is 0 Å². The lowest BCUT2D eigenvalue weighted by Crippen LogP contribution is -2.34. The molecule has 128 valence electrons. The summed E-state index contributed by atoms with van der Waals surface area (Å²) >= 11 is 0. The van der Waals surface area contributed by atoms with Gasteiger partial charge in [0.2, 0.25) is 5.91 Å². The number of carbonyl (C=O) groups is 2. The van der Waals surface area contributed by atoms with Gasteiger partial charge in [0.15, 0.2) is 0 Å². The van der Waals surface area contributed by atoms with E-state index in [-0.39, 0.29) is 17.8 Å². The number of nitro groups is 1. The average molecular weight is 342 g/mol. The van der Waals surface area contributed by atoms with Gasteiger partial charge >= 0.3 is 0 Å². The third kappa shape index (κ3) is 5.75. The lowest BCUT2D eigenvalue weighted by atomic mass is 10.2. The van der Waals surface area contributed by atoms with Crippen LogP contribution in [0.3, 0.4) is 0 Å². The first-order chi connectivity index (χ1) is 12.1. The number of carbonyl (C=O) groups excluding carboxylic acids is 2. The van der Waals surface area contributed by atoms with E-state index >= 15 is 0 Å². The zero-order valence-corrected chi connectivity index (χ0v) is 12.9. The second kappa shape index (κ2) is 8.77. The third-order valence-electron chi connectivity index (χ3n) is 2.89. The molecule has 2 aromatic rings. The van der Waals surface area contributed by atoms with E-state index < -0.39 is 16.7 Å². The molecular formula is C16H14N4O5. The Bertz CT molecular complexity index is 812. The van der Waals surface area contributed by atoms with Crippen molar-refractivity contribution in [1.82, 2.24) is 10.7 Å². The fraction of sp³-hybridized carbons (Fsp3) is 0.0625. The molecule has 0 saturated carbocycles. The number of hydrazone groups is 1. The smallest absolute Gasteiger partial charge is 0.278 e. The predicted molar refractivity (Wildman–Crippen MR) is 89.6 cm³/mol. The van der Waals surface area contributed by atoms with Crippen LogP contribution in [0.1, 0.15) is 11.3 Å². The Labute approximate surface area is 142 Å². The number of para-hydroxylation sites is 1. The minimum atomic E-state index is -0.574. The first-order valence-electron chi connectivity index (χ1n) is 7.11. The molecule has 9 nitrogen and oxygen atoms in total. The number of nitrogens with one attached hydrogen (secondary N) is 2. The first kappa shape index (κ1) is 17.6. The van der Waals surface area contributed by atoms with Gasteiger partial charge in [0.25, 0.3) is 11.6 Å². The van der Waals surface area contributed by atoms with Crippen LogP contribution in [0.5, 0.6) is 0 Å². The average Bonchev–Trinajstić information content (AvgIpc) is 3.12. The van der Waals surface area contributed by atoms with Gasteiger partial charge in [-0.3, -0.25) is 19.7 Å². The molecule has 0 radical (unpaired) electrons. The van der Waals surface area contributed by atoms with Gasteiger partial charge in [0.05, 0.1) is 29.5 Å². The van der Waals surface area contributed by atoms with Crippen LogP contribution in [0.25, 0.3) is 6.08 Å². The van der Waals surface area contributed by atoms with E-state index in [0.29, 0.717) is 5.76 Å². The van der Waals surface area contributed by atoms with Crippen LogP contribution in [0.4, 0.5) is 5.69 Å². The molecule has 0 fully saturated rings. The Morgan fingerprint density at radius 3 is 2.76 bits per heavy atom. The minimum absolute atomic E-state index is 0.128. The second-order valence-corrected chi connectivity index (χ2v) is 4.68. The topological polar surface area (TPSA) is 127 Å². The fourth-order valence-corrected chi connectivity index (χ4v) is 1.75. The van der Waals surface area contributed by atoms with Crippen molar-refractivity contribution in [3.05, 3.63) is 70.2 Å². The molecule has 9 heteroatoms. The molecular weight excluding hydrogens is 328 g/mol. The van der Waals surface area contributed by atoms with Crippen molar-refractivity contribution in [2.75, 3.05) is 6.54 Å². The zero-order chi connectivity index (χ0) is 18.1. The molecule has 2 rings (SSSR count). The lowest BCUT2D eigenvalue weighted by molar-refractivity contribution is -0.385. The van der Waals surface area contributed by atoms with Crippen molar-refractivity contribution in [2.45, 2.75) is 0 Å². The number of amides is 2. The van der Waals surface area contributed by atoms with Crippen LogP contribution in [-0.4, -0.2) is 29.5 Å². The van der Waals surface area contributed by atoms with Crippen molar-refractivity contribution in [3.63, 3.8) is 0 Å². The molecule has 1 aromatic heterocycles. The molecule has 25 heavy (non-hydrogen) atoms. The second-order valence-electron chi connectivity index (χ2n) is 4.68. The molecule has 0 bridgehead atoms. The Hall–Kier alpha value is -3.75. The quantitative estimate of drug-likeness (QED) is 0.341. The monoisotopic (exact) mass is 342 g/mol. The highest BCUT2D eigenvalue weighted by Gasteiger charge is 2.10. The summed E-state index contributed by atoms with van der Waals surface area (Å²) in [7, 11) is 0. The van der Waals surface area contributed by atoms with Crippen LogP contribution in [0.2, 0.25) is 0 Å². The maximum Gasteiger partial charge on any atom is 0.278 e. The van der Waals surface area contributed by atoms with E-state index in [1.54, 1.807) is 18.2 Å². The Morgan fingerprint density at radius 1 is 1.24 bits per heavy atom. The van der Waals surface area contributed by atoms with E-state index in [2.05, 4.69) is 15.8 Å². The number of nitro benzene ring substituents is 1. The van der Waals surface area contributed by atoms with Crippen molar-refractivity contribution in [3.8, 4) is 0 Å². The highest BCUT2D eigenvalue weighted by Crippen LogP contribution is 2.14. The van der Waals surface area contributed by atoms with Crippen LogP contribution in [0, 0.1) is 10.1 Å². The largest absolute Gasteiger partial charge is 0.465 e. The molecule has 0 saturated heterocycles. The summed E-state index contributed by atoms with van der Waals surface area (Å²) in [5, 5.41) is 16.8. The highest BCUT2D eigenvalue weighted by molar-refractivity contribution is 5.94. The summed E-state index contributed by atoms with van der Waals surface area (Å²) in [4.78, 5) is 33.4. The van der Waals surface area contributed by atoms with Gasteiger partial charge in [-0.15, -0.1) is 0 Å². The van der Waals surface area contributed by atoms with Gasteiger partial charge in [0.1, 0.15) is 5.76 Å². The Kier molecular flexibility index (Phi) is 6.18.